The lowest BCUT2D eigenvalue weighted by Crippen LogP contribution is -2.51. The molecule has 1 aromatic heterocycles. The van der Waals surface area contributed by atoms with E-state index in [4.69, 9.17) is 4.74 Å². The van der Waals surface area contributed by atoms with Gasteiger partial charge in [-0.15, -0.1) is 0 Å². The number of pyridine rings is 1. The number of aliphatic hydroxyl groups excluding tert-OH is 1. The zero-order chi connectivity index (χ0) is 23.8. The van der Waals surface area contributed by atoms with Crippen LogP contribution in [0.4, 0.5) is 5.69 Å². The molecule has 3 atom stereocenters. The molecule has 176 valence electrons. The van der Waals surface area contributed by atoms with E-state index in [-0.39, 0.29) is 43.4 Å². The number of nitrogens with one attached hydrogen (secondary N) is 2. The molecule has 0 bridgehead atoms. The third kappa shape index (κ3) is 6.50. The van der Waals surface area contributed by atoms with Crippen LogP contribution in [0.1, 0.15) is 24.8 Å². The molecule has 0 radical (unpaired) electrons. The summed E-state index contributed by atoms with van der Waals surface area (Å²) in [4.78, 5) is 29.0. The standard InChI is InChI=1S/C27H29N3O4/c31-18-25-24(30-26(32)15-19-5-4-14-28-17-19)13-12-23(34-25)16-27(33)29-22-10-8-21(9-11-22)20-6-2-1-3-7-20/h1-11,14,17,23-25,31H,12-13,15-16,18H2,(H,29,33)(H,30,32)/t23-,24-,25-/m0/s1. The van der Waals surface area contributed by atoms with E-state index < -0.39 is 6.10 Å². The van der Waals surface area contributed by atoms with Crippen molar-refractivity contribution in [3.8, 4) is 11.1 Å². The van der Waals surface area contributed by atoms with Crippen LogP contribution in [0.5, 0.6) is 0 Å². The maximum Gasteiger partial charge on any atom is 0.226 e. The Hall–Kier alpha value is -3.55. The van der Waals surface area contributed by atoms with Crippen LogP contribution in [-0.2, 0) is 20.7 Å². The fourth-order valence-electron chi connectivity index (χ4n) is 4.19. The minimum absolute atomic E-state index is 0.143. The van der Waals surface area contributed by atoms with E-state index in [1.54, 1.807) is 18.5 Å². The van der Waals surface area contributed by atoms with E-state index >= 15 is 0 Å². The molecule has 2 amide bonds. The summed E-state index contributed by atoms with van der Waals surface area (Å²) in [6.07, 6.45) is 4.12. The number of rotatable bonds is 8. The van der Waals surface area contributed by atoms with Gasteiger partial charge in [-0.05, 0) is 47.7 Å². The zero-order valence-corrected chi connectivity index (χ0v) is 18.9. The van der Waals surface area contributed by atoms with Crippen molar-refractivity contribution >= 4 is 17.5 Å². The fraction of sp³-hybridized carbons (Fsp3) is 0.296. The molecule has 7 heteroatoms. The van der Waals surface area contributed by atoms with Crippen LogP contribution in [-0.4, -0.2) is 46.8 Å². The van der Waals surface area contributed by atoms with Gasteiger partial charge in [0.2, 0.25) is 11.8 Å². The summed E-state index contributed by atoms with van der Waals surface area (Å²) in [7, 11) is 0. The normalized spacial score (nSPS) is 19.9. The summed E-state index contributed by atoms with van der Waals surface area (Å²) in [6.45, 7) is -0.225. The van der Waals surface area contributed by atoms with Crippen LogP contribution >= 0.6 is 0 Å². The van der Waals surface area contributed by atoms with Crippen molar-refractivity contribution in [1.82, 2.24) is 10.3 Å². The highest BCUT2D eigenvalue weighted by Gasteiger charge is 2.32. The van der Waals surface area contributed by atoms with Crippen LogP contribution in [0.25, 0.3) is 11.1 Å². The van der Waals surface area contributed by atoms with Crippen LogP contribution < -0.4 is 10.6 Å². The van der Waals surface area contributed by atoms with Gasteiger partial charge in [-0.25, -0.2) is 0 Å². The number of amides is 2. The minimum atomic E-state index is -0.547. The zero-order valence-electron chi connectivity index (χ0n) is 18.9. The van der Waals surface area contributed by atoms with Crippen LogP contribution in [0.2, 0.25) is 0 Å². The monoisotopic (exact) mass is 459 g/mol. The SMILES string of the molecule is O=C(C[C@@H]1CC[C@H](NC(=O)Cc2cccnc2)[C@H](CO)O1)Nc1ccc(-c2ccccc2)cc1. The molecule has 1 aliphatic rings. The molecule has 1 saturated heterocycles. The number of hydrogen-bond donors (Lipinski definition) is 3. The Morgan fingerprint density at radius 1 is 0.941 bits per heavy atom. The summed E-state index contributed by atoms with van der Waals surface area (Å²) < 4.78 is 5.95. The Labute approximate surface area is 199 Å². The molecule has 1 aliphatic heterocycles. The highest BCUT2D eigenvalue weighted by atomic mass is 16.5. The molecule has 7 nitrogen and oxygen atoms in total. The second-order valence-corrected chi connectivity index (χ2v) is 8.46. The smallest absolute Gasteiger partial charge is 0.226 e. The summed E-state index contributed by atoms with van der Waals surface area (Å²) >= 11 is 0. The molecule has 2 heterocycles. The molecular weight excluding hydrogens is 430 g/mol. The summed E-state index contributed by atoms with van der Waals surface area (Å²) in [6, 6.07) is 21.1. The fourth-order valence-corrected chi connectivity index (χ4v) is 4.19. The maximum atomic E-state index is 12.6. The first-order valence-corrected chi connectivity index (χ1v) is 11.5. The van der Waals surface area contributed by atoms with Crippen molar-refractivity contribution in [3.63, 3.8) is 0 Å². The number of aliphatic hydroxyl groups is 1. The number of hydrogen-bond acceptors (Lipinski definition) is 5. The van der Waals surface area contributed by atoms with Gasteiger partial charge in [-0.2, -0.15) is 0 Å². The lowest BCUT2D eigenvalue weighted by atomic mass is 9.96. The average Bonchev–Trinajstić information content (AvgIpc) is 2.86. The first-order chi connectivity index (χ1) is 16.6. The Balaban J connectivity index is 1.25. The van der Waals surface area contributed by atoms with Gasteiger partial charge in [0.05, 0.1) is 31.6 Å². The molecule has 34 heavy (non-hydrogen) atoms. The van der Waals surface area contributed by atoms with E-state index in [9.17, 15) is 14.7 Å². The lowest BCUT2D eigenvalue weighted by molar-refractivity contribution is -0.133. The second-order valence-electron chi connectivity index (χ2n) is 8.46. The molecule has 0 saturated carbocycles. The third-order valence-corrected chi connectivity index (χ3v) is 5.92. The predicted octanol–water partition coefficient (Wildman–Crippen LogP) is 3.34. The molecule has 0 aliphatic carbocycles. The number of aromatic nitrogens is 1. The van der Waals surface area contributed by atoms with Crippen LogP contribution in [0.15, 0.2) is 79.1 Å². The molecular formula is C27H29N3O4. The van der Waals surface area contributed by atoms with Crippen LogP contribution in [0, 0.1) is 0 Å². The summed E-state index contributed by atoms with van der Waals surface area (Å²) in [5.41, 5.74) is 3.74. The van der Waals surface area contributed by atoms with Gasteiger partial charge in [0, 0.05) is 18.1 Å². The molecule has 0 unspecified atom stereocenters. The van der Waals surface area contributed by atoms with Gasteiger partial charge >= 0.3 is 0 Å². The van der Waals surface area contributed by atoms with E-state index in [1.807, 2.05) is 60.7 Å². The predicted molar refractivity (Wildman–Crippen MR) is 130 cm³/mol. The molecule has 2 aromatic carbocycles. The summed E-state index contributed by atoms with van der Waals surface area (Å²) in [5.74, 6) is -0.289. The van der Waals surface area contributed by atoms with Crippen molar-refractivity contribution in [1.29, 1.82) is 0 Å². The van der Waals surface area contributed by atoms with Crippen LogP contribution in [0.3, 0.4) is 0 Å². The average molecular weight is 460 g/mol. The topological polar surface area (TPSA) is 101 Å². The number of benzene rings is 2. The van der Waals surface area contributed by atoms with Gasteiger partial charge in [-0.3, -0.25) is 14.6 Å². The van der Waals surface area contributed by atoms with E-state index in [0.717, 1.165) is 22.4 Å². The molecule has 1 fully saturated rings. The number of nitrogens with zero attached hydrogens (tertiary/aromatic N) is 1. The first-order valence-electron chi connectivity index (χ1n) is 11.5. The van der Waals surface area contributed by atoms with Crippen molar-refractivity contribution < 1.29 is 19.4 Å². The van der Waals surface area contributed by atoms with Gasteiger partial charge in [-0.1, -0.05) is 48.5 Å². The number of carbonyl (C=O) groups excluding carboxylic acids is 2. The Morgan fingerprint density at radius 2 is 1.71 bits per heavy atom. The quantitative estimate of drug-likeness (QED) is 0.480. The highest BCUT2D eigenvalue weighted by Crippen LogP contribution is 2.24. The molecule has 3 N–H and O–H groups in total. The van der Waals surface area contributed by atoms with Crippen molar-refractivity contribution in [2.45, 2.75) is 43.9 Å². The van der Waals surface area contributed by atoms with Crippen molar-refractivity contribution in [2.24, 2.45) is 0 Å². The first kappa shape index (κ1) is 23.6. The molecule has 3 aromatic rings. The van der Waals surface area contributed by atoms with Gasteiger partial charge in [0.15, 0.2) is 0 Å². The van der Waals surface area contributed by atoms with E-state index in [0.29, 0.717) is 12.8 Å². The van der Waals surface area contributed by atoms with Gasteiger partial charge in [0.1, 0.15) is 6.10 Å². The highest BCUT2D eigenvalue weighted by molar-refractivity contribution is 5.91. The lowest BCUT2D eigenvalue weighted by Gasteiger charge is -2.36. The number of anilines is 1. The molecule has 0 spiro atoms. The maximum absolute atomic E-state index is 12.6. The Bertz CT molecular complexity index is 1070. The minimum Gasteiger partial charge on any atom is -0.394 e. The summed E-state index contributed by atoms with van der Waals surface area (Å²) in [5, 5.41) is 15.6. The second kappa shape index (κ2) is 11.5. The molecule has 4 rings (SSSR count). The van der Waals surface area contributed by atoms with Crippen molar-refractivity contribution in [3.05, 3.63) is 84.7 Å². The Kier molecular flexibility index (Phi) is 8.01. The number of ether oxygens (including phenoxy) is 1. The number of carbonyl (C=O) groups is 2. The third-order valence-electron chi connectivity index (χ3n) is 5.92. The van der Waals surface area contributed by atoms with Gasteiger partial charge in [0.25, 0.3) is 0 Å². The van der Waals surface area contributed by atoms with Crippen molar-refractivity contribution in [2.75, 3.05) is 11.9 Å². The Morgan fingerprint density at radius 3 is 2.41 bits per heavy atom. The van der Waals surface area contributed by atoms with Gasteiger partial charge < -0.3 is 20.5 Å². The van der Waals surface area contributed by atoms with E-state index in [1.165, 1.54) is 0 Å². The largest absolute Gasteiger partial charge is 0.394 e. The van der Waals surface area contributed by atoms with E-state index in [2.05, 4.69) is 15.6 Å².